The molecule has 1 amide bonds. The first-order chi connectivity index (χ1) is 8.72. The number of hydrogen-bond donors (Lipinski definition) is 2. The van der Waals surface area contributed by atoms with E-state index in [1.54, 1.807) is 0 Å². The van der Waals surface area contributed by atoms with Crippen LogP contribution in [0.1, 0.15) is 24.0 Å². The Balaban J connectivity index is 0.00000200. The molecule has 0 aromatic heterocycles. The first kappa shape index (κ1) is 16.7. The highest BCUT2D eigenvalue weighted by molar-refractivity contribution is 5.88. The van der Waals surface area contributed by atoms with Crippen LogP contribution in [0, 0.1) is 5.82 Å². The average molecular weight is 313 g/mol. The summed E-state index contributed by atoms with van der Waals surface area (Å²) >= 11 is 0. The van der Waals surface area contributed by atoms with Crippen LogP contribution in [0.5, 0.6) is 0 Å². The minimum Gasteiger partial charge on any atom is -0.350 e. The summed E-state index contributed by atoms with van der Waals surface area (Å²) in [7, 11) is 0. The molecule has 112 valence electrons. The number of hydrogen-bond acceptors (Lipinski definition) is 2. The highest BCUT2D eigenvalue weighted by atomic mass is 35.5. The van der Waals surface area contributed by atoms with Crippen LogP contribution in [0.15, 0.2) is 18.2 Å². The van der Waals surface area contributed by atoms with Gasteiger partial charge >= 0.3 is 6.18 Å². The Hall–Kier alpha value is -1.34. The van der Waals surface area contributed by atoms with Gasteiger partial charge in [-0.3, -0.25) is 4.79 Å². The maximum absolute atomic E-state index is 12.9. The largest absolute Gasteiger partial charge is 0.416 e. The van der Waals surface area contributed by atoms with Crippen LogP contribution in [0.25, 0.3) is 0 Å². The van der Waals surface area contributed by atoms with Gasteiger partial charge in [0.05, 0.1) is 11.1 Å². The standard InChI is InChI=1S/C12H12F4N2O.ClH/c13-8-2-1-7(9(5-8)12(14,15)16)6-18-10(19)11(17)3-4-11;/h1-2,5H,3-4,6,17H2,(H,18,19);1H. The quantitative estimate of drug-likeness (QED) is 0.842. The molecule has 0 heterocycles. The van der Waals surface area contributed by atoms with Gasteiger partial charge in [0.15, 0.2) is 0 Å². The van der Waals surface area contributed by atoms with Crippen molar-refractivity contribution in [1.82, 2.24) is 5.32 Å². The molecule has 3 nitrogen and oxygen atoms in total. The molecule has 20 heavy (non-hydrogen) atoms. The molecule has 0 spiro atoms. The predicted octanol–water partition coefficient (Wildman–Crippen LogP) is 2.37. The van der Waals surface area contributed by atoms with Crippen molar-refractivity contribution in [1.29, 1.82) is 0 Å². The molecule has 1 fully saturated rings. The monoisotopic (exact) mass is 312 g/mol. The second-order valence-corrected chi connectivity index (χ2v) is 4.64. The normalized spacial score (nSPS) is 16.2. The molecule has 1 aliphatic carbocycles. The zero-order chi connectivity index (χ0) is 14.3. The van der Waals surface area contributed by atoms with Crippen LogP contribution < -0.4 is 11.1 Å². The van der Waals surface area contributed by atoms with E-state index in [9.17, 15) is 22.4 Å². The molecule has 1 aliphatic rings. The second-order valence-electron chi connectivity index (χ2n) is 4.64. The van der Waals surface area contributed by atoms with Crippen molar-refractivity contribution in [2.45, 2.75) is 31.1 Å². The van der Waals surface area contributed by atoms with Gasteiger partial charge in [-0.2, -0.15) is 13.2 Å². The third-order valence-electron chi connectivity index (χ3n) is 3.06. The molecule has 0 atom stereocenters. The van der Waals surface area contributed by atoms with E-state index in [1.165, 1.54) is 0 Å². The van der Waals surface area contributed by atoms with Gasteiger partial charge in [0, 0.05) is 6.54 Å². The third kappa shape index (κ3) is 3.61. The minimum absolute atomic E-state index is 0. The maximum Gasteiger partial charge on any atom is 0.416 e. The van der Waals surface area contributed by atoms with Gasteiger partial charge in [0.2, 0.25) is 5.91 Å². The van der Waals surface area contributed by atoms with Crippen LogP contribution >= 0.6 is 12.4 Å². The van der Waals surface area contributed by atoms with Crippen molar-refractivity contribution in [2.24, 2.45) is 5.73 Å². The molecular weight excluding hydrogens is 300 g/mol. The van der Waals surface area contributed by atoms with Gasteiger partial charge in [0.25, 0.3) is 0 Å². The van der Waals surface area contributed by atoms with Gasteiger partial charge in [-0.15, -0.1) is 12.4 Å². The van der Waals surface area contributed by atoms with E-state index >= 15 is 0 Å². The van der Waals surface area contributed by atoms with Crippen molar-refractivity contribution in [3.05, 3.63) is 35.1 Å². The number of halogens is 5. The summed E-state index contributed by atoms with van der Waals surface area (Å²) in [5.74, 6) is -1.45. The average Bonchev–Trinajstić information content (AvgIpc) is 3.05. The second kappa shape index (κ2) is 5.57. The van der Waals surface area contributed by atoms with E-state index in [4.69, 9.17) is 5.73 Å². The van der Waals surface area contributed by atoms with Gasteiger partial charge in [-0.25, -0.2) is 4.39 Å². The number of benzene rings is 1. The first-order valence-electron chi connectivity index (χ1n) is 5.65. The van der Waals surface area contributed by atoms with Crippen LogP contribution in [-0.2, 0) is 17.5 Å². The number of nitrogens with two attached hydrogens (primary N) is 1. The fraction of sp³-hybridized carbons (Fsp3) is 0.417. The summed E-state index contributed by atoms with van der Waals surface area (Å²) in [5, 5.41) is 2.35. The van der Waals surface area contributed by atoms with Crippen molar-refractivity contribution in [3.8, 4) is 0 Å². The summed E-state index contributed by atoms with van der Waals surface area (Å²) in [4.78, 5) is 11.5. The molecular formula is C12H13ClF4N2O. The molecule has 1 aromatic rings. The minimum atomic E-state index is -4.66. The van der Waals surface area contributed by atoms with Gasteiger partial charge in [0.1, 0.15) is 5.82 Å². The van der Waals surface area contributed by atoms with Crippen molar-refractivity contribution >= 4 is 18.3 Å². The lowest BCUT2D eigenvalue weighted by molar-refractivity contribution is -0.138. The third-order valence-corrected chi connectivity index (χ3v) is 3.06. The SMILES string of the molecule is Cl.NC1(C(=O)NCc2ccc(F)cc2C(F)(F)F)CC1. The molecule has 8 heteroatoms. The summed E-state index contributed by atoms with van der Waals surface area (Å²) in [6.07, 6.45) is -3.62. The van der Waals surface area contributed by atoms with E-state index in [0.29, 0.717) is 18.9 Å². The fourth-order valence-electron chi connectivity index (χ4n) is 1.68. The zero-order valence-electron chi connectivity index (χ0n) is 10.3. The van der Waals surface area contributed by atoms with Crippen LogP contribution in [0.3, 0.4) is 0 Å². The molecule has 0 bridgehead atoms. The Labute approximate surface area is 118 Å². The molecule has 0 radical (unpaired) electrons. The van der Waals surface area contributed by atoms with Crippen molar-refractivity contribution < 1.29 is 22.4 Å². The number of rotatable bonds is 3. The van der Waals surface area contributed by atoms with E-state index < -0.39 is 29.0 Å². The topological polar surface area (TPSA) is 55.1 Å². The van der Waals surface area contributed by atoms with Crippen LogP contribution in [0.2, 0.25) is 0 Å². The summed E-state index contributed by atoms with van der Waals surface area (Å²) in [6.45, 7) is -0.326. The summed E-state index contributed by atoms with van der Waals surface area (Å²) in [5.41, 5.74) is 3.39. The predicted molar refractivity (Wildman–Crippen MR) is 66.6 cm³/mol. The lowest BCUT2D eigenvalue weighted by atomic mass is 10.1. The maximum atomic E-state index is 12.9. The van der Waals surface area contributed by atoms with E-state index in [0.717, 1.165) is 12.1 Å². The van der Waals surface area contributed by atoms with E-state index in [1.807, 2.05) is 0 Å². The first-order valence-corrected chi connectivity index (χ1v) is 5.65. The lowest BCUT2D eigenvalue weighted by Gasteiger charge is -2.15. The molecule has 0 saturated heterocycles. The zero-order valence-corrected chi connectivity index (χ0v) is 11.1. The molecule has 1 aromatic carbocycles. The highest BCUT2D eigenvalue weighted by Crippen LogP contribution is 2.34. The van der Waals surface area contributed by atoms with Gasteiger partial charge in [-0.05, 0) is 30.5 Å². The summed E-state index contributed by atoms with van der Waals surface area (Å²) in [6, 6.07) is 2.34. The number of alkyl halides is 3. The van der Waals surface area contributed by atoms with Crippen LogP contribution in [-0.4, -0.2) is 11.4 Å². The van der Waals surface area contributed by atoms with Gasteiger partial charge < -0.3 is 11.1 Å². The Morgan fingerprint density at radius 2 is 1.95 bits per heavy atom. The van der Waals surface area contributed by atoms with Crippen molar-refractivity contribution in [3.63, 3.8) is 0 Å². The number of carbonyl (C=O) groups is 1. The molecule has 0 unspecified atom stereocenters. The van der Waals surface area contributed by atoms with E-state index in [-0.39, 0.29) is 24.5 Å². The van der Waals surface area contributed by atoms with Gasteiger partial charge in [-0.1, -0.05) is 6.07 Å². The fourth-order valence-corrected chi connectivity index (χ4v) is 1.68. The molecule has 0 aliphatic heterocycles. The van der Waals surface area contributed by atoms with Crippen LogP contribution in [0.4, 0.5) is 17.6 Å². The highest BCUT2D eigenvalue weighted by Gasteiger charge is 2.45. The summed E-state index contributed by atoms with van der Waals surface area (Å²) < 4.78 is 51.0. The van der Waals surface area contributed by atoms with Crippen molar-refractivity contribution in [2.75, 3.05) is 0 Å². The Morgan fingerprint density at radius 1 is 1.35 bits per heavy atom. The molecule has 1 saturated carbocycles. The molecule has 2 rings (SSSR count). The number of carbonyl (C=O) groups excluding carboxylic acids is 1. The number of nitrogens with one attached hydrogen (secondary N) is 1. The Morgan fingerprint density at radius 3 is 2.45 bits per heavy atom. The Bertz CT molecular complexity index is 515. The Kier molecular flexibility index (Phi) is 4.66. The van der Waals surface area contributed by atoms with E-state index in [2.05, 4.69) is 5.32 Å². The molecule has 3 N–H and O–H groups in total. The lowest BCUT2D eigenvalue weighted by Crippen LogP contribution is -2.42. The number of amides is 1. The smallest absolute Gasteiger partial charge is 0.350 e.